The summed E-state index contributed by atoms with van der Waals surface area (Å²) in [5.41, 5.74) is 0.598. The van der Waals surface area contributed by atoms with Crippen LogP contribution in [0.5, 0.6) is 11.5 Å². The lowest BCUT2D eigenvalue weighted by atomic mass is 10.0. The van der Waals surface area contributed by atoms with E-state index in [4.69, 9.17) is 18.9 Å². The van der Waals surface area contributed by atoms with Gasteiger partial charge in [0.25, 0.3) is 0 Å². The van der Waals surface area contributed by atoms with E-state index in [1.807, 2.05) is 0 Å². The fraction of sp³-hybridized carbons (Fsp3) is 0.632. The van der Waals surface area contributed by atoms with Gasteiger partial charge in [-0.15, -0.1) is 0 Å². The maximum atomic E-state index is 13.1. The molecule has 0 unspecified atom stereocenters. The number of hydrogen-bond acceptors (Lipinski definition) is 10. The number of carbonyl (C=O) groups is 6. The summed E-state index contributed by atoms with van der Waals surface area (Å²) in [4.78, 5) is 74.8. The zero-order valence-electron chi connectivity index (χ0n) is 31.3. The molecule has 13 heteroatoms. The zero-order chi connectivity index (χ0) is 38.0. The predicted octanol–water partition coefficient (Wildman–Crippen LogP) is 5.18. The summed E-state index contributed by atoms with van der Waals surface area (Å²) in [6.45, 7) is 8.76. The van der Waals surface area contributed by atoms with Crippen molar-refractivity contribution in [3.63, 3.8) is 0 Å². The van der Waals surface area contributed by atoms with Gasteiger partial charge in [0.2, 0.25) is 17.7 Å². The third kappa shape index (κ3) is 19.5. The highest BCUT2D eigenvalue weighted by Crippen LogP contribution is 2.29. The molecule has 0 heterocycles. The van der Waals surface area contributed by atoms with Crippen molar-refractivity contribution >= 4 is 41.7 Å². The van der Waals surface area contributed by atoms with Gasteiger partial charge >= 0.3 is 17.9 Å². The first-order valence-corrected chi connectivity index (χ1v) is 18.2. The Balaban J connectivity index is 2.63. The van der Waals surface area contributed by atoms with E-state index in [1.54, 1.807) is 45.9 Å². The van der Waals surface area contributed by atoms with Crippen molar-refractivity contribution in [2.75, 3.05) is 26.9 Å². The molecule has 0 spiro atoms. The summed E-state index contributed by atoms with van der Waals surface area (Å²) in [5, 5.41) is 7.61. The molecule has 1 aromatic carbocycles. The first-order chi connectivity index (χ1) is 24.4. The first-order valence-electron chi connectivity index (χ1n) is 18.2. The number of esters is 3. The Hall–Kier alpha value is -4.42. The van der Waals surface area contributed by atoms with Gasteiger partial charge in [-0.25, -0.2) is 4.79 Å². The zero-order valence-corrected chi connectivity index (χ0v) is 31.3. The topological polar surface area (TPSA) is 175 Å². The summed E-state index contributed by atoms with van der Waals surface area (Å²) in [7, 11) is 1.46. The summed E-state index contributed by atoms with van der Waals surface area (Å²) in [6, 6.07) is 2.74. The number of methoxy groups -OCH3 is 1. The molecule has 0 saturated carbocycles. The van der Waals surface area contributed by atoms with Crippen LogP contribution in [0.15, 0.2) is 24.3 Å². The van der Waals surface area contributed by atoms with Gasteiger partial charge in [0.15, 0.2) is 11.5 Å². The molecule has 2 atom stereocenters. The maximum Gasteiger partial charge on any atom is 0.328 e. The van der Waals surface area contributed by atoms with Crippen LogP contribution in [0.4, 0.5) is 0 Å². The summed E-state index contributed by atoms with van der Waals surface area (Å²) < 4.78 is 20.8. The molecule has 13 nitrogen and oxygen atoms in total. The second-order valence-corrected chi connectivity index (χ2v) is 12.5. The number of unbranched alkanes of at least 4 members (excludes halogenated alkanes) is 8. The van der Waals surface area contributed by atoms with Crippen LogP contribution in [-0.4, -0.2) is 74.6 Å². The second kappa shape index (κ2) is 26.4. The number of rotatable bonds is 26. The Morgan fingerprint density at radius 1 is 0.765 bits per heavy atom. The maximum absolute atomic E-state index is 13.1. The van der Waals surface area contributed by atoms with Gasteiger partial charge in [0, 0.05) is 18.9 Å². The molecular formula is C38H59N3O10. The van der Waals surface area contributed by atoms with Crippen LogP contribution < -0.4 is 25.4 Å². The number of ether oxygens (including phenoxy) is 4. The SMILES string of the molecule is CCCCCCCCCCCC(=O)Oc1ccc(/C=C/C(=O)NCC(=O)N[C@H](C(=O)N[C@H](CCC(=O)OCC)C(=O)OCC)C(C)C)cc1OC. The fourth-order valence-electron chi connectivity index (χ4n) is 5.03. The normalized spacial score (nSPS) is 12.1. The molecular weight excluding hydrogens is 658 g/mol. The van der Waals surface area contributed by atoms with Crippen molar-refractivity contribution in [3.05, 3.63) is 29.8 Å². The second-order valence-electron chi connectivity index (χ2n) is 12.5. The van der Waals surface area contributed by atoms with E-state index in [2.05, 4.69) is 22.9 Å². The highest BCUT2D eigenvalue weighted by Gasteiger charge is 2.30. The Kier molecular flexibility index (Phi) is 23.1. The third-order valence-electron chi connectivity index (χ3n) is 7.84. The Labute approximate surface area is 302 Å². The monoisotopic (exact) mass is 717 g/mol. The lowest BCUT2D eigenvalue weighted by Crippen LogP contribution is -2.55. The summed E-state index contributed by atoms with van der Waals surface area (Å²) in [5.74, 6) is -3.14. The van der Waals surface area contributed by atoms with Crippen LogP contribution in [0, 0.1) is 5.92 Å². The number of carbonyl (C=O) groups excluding carboxylic acids is 6. The minimum atomic E-state index is -1.12. The van der Waals surface area contributed by atoms with Gasteiger partial charge < -0.3 is 34.9 Å². The lowest BCUT2D eigenvalue weighted by Gasteiger charge is -2.24. The van der Waals surface area contributed by atoms with E-state index in [1.165, 1.54) is 57.8 Å². The molecule has 0 saturated heterocycles. The fourth-order valence-corrected chi connectivity index (χ4v) is 5.03. The van der Waals surface area contributed by atoms with E-state index in [0.29, 0.717) is 17.7 Å². The van der Waals surface area contributed by atoms with Crippen molar-refractivity contribution in [3.8, 4) is 11.5 Å². The van der Waals surface area contributed by atoms with Gasteiger partial charge in [-0.1, -0.05) is 78.2 Å². The Morgan fingerprint density at radius 3 is 2.02 bits per heavy atom. The average Bonchev–Trinajstić information content (AvgIpc) is 3.10. The number of nitrogens with one attached hydrogen (secondary N) is 3. The van der Waals surface area contributed by atoms with Crippen molar-refractivity contribution in [1.29, 1.82) is 0 Å². The van der Waals surface area contributed by atoms with Crippen LogP contribution in [0.3, 0.4) is 0 Å². The molecule has 0 aliphatic rings. The van der Waals surface area contributed by atoms with Crippen LogP contribution in [-0.2, 0) is 38.2 Å². The van der Waals surface area contributed by atoms with Gasteiger partial charge in [-0.2, -0.15) is 0 Å². The highest BCUT2D eigenvalue weighted by molar-refractivity contribution is 5.96. The first kappa shape index (κ1) is 44.6. The van der Waals surface area contributed by atoms with Crippen molar-refractivity contribution in [2.24, 2.45) is 5.92 Å². The van der Waals surface area contributed by atoms with Gasteiger partial charge in [-0.05, 0) is 56.4 Å². The molecule has 286 valence electrons. The number of benzene rings is 1. The minimum absolute atomic E-state index is 0.0380. The quantitative estimate of drug-likeness (QED) is 0.0501. The van der Waals surface area contributed by atoms with E-state index in [0.717, 1.165) is 19.3 Å². The smallest absolute Gasteiger partial charge is 0.328 e. The van der Waals surface area contributed by atoms with Gasteiger partial charge in [-0.3, -0.25) is 24.0 Å². The van der Waals surface area contributed by atoms with Crippen molar-refractivity contribution < 1.29 is 47.7 Å². The van der Waals surface area contributed by atoms with E-state index < -0.39 is 48.3 Å². The third-order valence-corrected chi connectivity index (χ3v) is 7.84. The minimum Gasteiger partial charge on any atom is -0.493 e. The molecule has 3 amide bonds. The van der Waals surface area contributed by atoms with Crippen LogP contribution in [0.1, 0.15) is 117 Å². The van der Waals surface area contributed by atoms with Gasteiger partial charge in [0.05, 0.1) is 26.9 Å². The Bertz CT molecular complexity index is 1280. The van der Waals surface area contributed by atoms with Crippen LogP contribution in [0.25, 0.3) is 6.08 Å². The molecule has 51 heavy (non-hydrogen) atoms. The molecule has 0 fully saturated rings. The van der Waals surface area contributed by atoms with Crippen molar-refractivity contribution in [1.82, 2.24) is 16.0 Å². The highest BCUT2D eigenvalue weighted by atomic mass is 16.6. The number of hydrogen-bond donors (Lipinski definition) is 3. The molecule has 0 aliphatic carbocycles. The molecule has 0 aliphatic heterocycles. The molecule has 0 aromatic heterocycles. The lowest BCUT2D eigenvalue weighted by molar-refractivity contribution is -0.149. The van der Waals surface area contributed by atoms with E-state index in [-0.39, 0.29) is 43.7 Å². The predicted molar refractivity (Wildman–Crippen MR) is 194 cm³/mol. The summed E-state index contributed by atoms with van der Waals surface area (Å²) in [6.07, 6.45) is 13.3. The summed E-state index contributed by atoms with van der Waals surface area (Å²) >= 11 is 0. The molecule has 0 radical (unpaired) electrons. The average molecular weight is 718 g/mol. The number of amides is 3. The van der Waals surface area contributed by atoms with Crippen LogP contribution in [0.2, 0.25) is 0 Å². The Morgan fingerprint density at radius 2 is 1.41 bits per heavy atom. The largest absolute Gasteiger partial charge is 0.493 e. The van der Waals surface area contributed by atoms with Crippen LogP contribution >= 0.6 is 0 Å². The standard InChI is InChI=1S/C38H59N3O10/c1-7-10-11-12-13-14-15-16-17-18-35(45)51-30-22-19-28(25-31(30)48-6)20-23-32(42)39-26-33(43)41-36(27(4)5)37(46)40-29(38(47)50-9-3)21-24-34(44)49-8-2/h19-20,22-23,25,27,29,36H,7-18,21,24,26H2,1-6H3,(H,39,42)(H,40,46)(H,41,43)/b23-20+/t29-,36+/m1/s1. The molecule has 3 N–H and O–H groups in total. The molecule has 0 bridgehead atoms. The van der Waals surface area contributed by atoms with E-state index in [9.17, 15) is 28.8 Å². The molecule has 1 rings (SSSR count). The van der Waals surface area contributed by atoms with E-state index >= 15 is 0 Å². The van der Waals surface area contributed by atoms with Crippen molar-refractivity contribution in [2.45, 2.75) is 124 Å². The van der Waals surface area contributed by atoms with Gasteiger partial charge in [0.1, 0.15) is 12.1 Å². The molecule has 1 aromatic rings.